The fourth-order valence-electron chi connectivity index (χ4n) is 3.71. The van der Waals surface area contributed by atoms with Crippen LogP contribution in [0.1, 0.15) is 88.4 Å². The van der Waals surface area contributed by atoms with Gasteiger partial charge in [0, 0.05) is 0 Å². The van der Waals surface area contributed by atoms with Crippen molar-refractivity contribution in [2.75, 3.05) is 13.2 Å². The van der Waals surface area contributed by atoms with Gasteiger partial charge >= 0.3 is 5.97 Å². The minimum absolute atomic E-state index is 0.0381. The zero-order valence-electron chi connectivity index (χ0n) is 21.4. The fraction of sp³-hybridized carbons (Fsp3) is 0.552. The molecule has 0 amide bonds. The summed E-state index contributed by atoms with van der Waals surface area (Å²) in [4.78, 5) is 12.6. The molecule has 2 atom stereocenters. The monoisotopic (exact) mass is 508 g/mol. The first-order chi connectivity index (χ1) is 17.5. The Hall–Kier alpha value is -2.70. The molecule has 7 heteroatoms. The van der Waals surface area contributed by atoms with Crippen LogP contribution in [-0.2, 0) is 0 Å². The Balaban J connectivity index is 1.84. The highest BCUT2D eigenvalue weighted by atomic mass is 19.2. The summed E-state index contributed by atoms with van der Waals surface area (Å²) in [5.41, 5.74) is -0.0381. The molecule has 2 rings (SSSR count). The topological polar surface area (TPSA) is 44.8 Å². The molecule has 0 aliphatic rings. The molecule has 0 spiro atoms. The number of hydrogen-bond acceptors (Lipinski definition) is 4. The molecule has 4 nitrogen and oxygen atoms in total. The van der Waals surface area contributed by atoms with E-state index in [0.29, 0.717) is 18.8 Å². The van der Waals surface area contributed by atoms with E-state index in [1.165, 1.54) is 50.7 Å². The van der Waals surface area contributed by atoms with Gasteiger partial charge in [0.05, 0.1) is 12.2 Å². The summed E-state index contributed by atoms with van der Waals surface area (Å²) in [6.07, 6.45) is 6.56. The SMILES string of the molecule is CCCCCCCCCCOc1ccccc1OC(=O)c1ccc(OC[C@H](F)[C@@H](F)CCC)c(F)c1. The summed E-state index contributed by atoms with van der Waals surface area (Å²) in [6.45, 7) is 3.86. The summed E-state index contributed by atoms with van der Waals surface area (Å²) >= 11 is 0. The second kappa shape index (κ2) is 16.9. The largest absolute Gasteiger partial charge is 0.490 e. The molecule has 2 aromatic carbocycles. The lowest BCUT2D eigenvalue weighted by molar-refractivity contribution is 0.0727. The number of hydrogen-bond donors (Lipinski definition) is 0. The third kappa shape index (κ3) is 10.5. The number of carbonyl (C=O) groups is 1. The average Bonchev–Trinajstić information content (AvgIpc) is 2.87. The van der Waals surface area contributed by atoms with Crippen molar-refractivity contribution in [3.8, 4) is 17.2 Å². The first kappa shape index (κ1) is 29.5. The van der Waals surface area contributed by atoms with Gasteiger partial charge in [0.2, 0.25) is 0 Å². The first-order valence-electron chi connectivity index (χ1n) is 13.1. The predicted molar refractivity (Wildman–Crippen MR) is 136 cm³/mol. The lowest BCUT2D eigenvalue weighted by atomic mass is 10.1. The van der Waals surface area contributed by atoms with Gasteiger partial charge in [-0.3, -0.25) is 0 Å². The van der Waals surface area contributed by atoms with E-state index in [-0.39, 0.29) is 23.5 Å². The highest BCUT2D eigenvalue weighted by Crippen LogP contribution is 2.28. The van der Waals surface area contributed by atoms with E-state index < -0.39 is 30.7 Å². The highest BCUT2D eigenvalue weighted by molar-refractivity contribution is 5.91. The molecule has 0 bridgehead atoms. The Labute approximate surface area is 213 Å². The van der Waals surface area contributed by atoms with Gasteiger partial charge in [0.15, 0.2) is 29.2 Å². The summed E-state index contributed by atoms with van der Waals surface area (Å²) in [5.74, 6) is -1.20. The lowest BCUT2D eigenvalue weighted by Crippen LogP contribution is -2.24. The van der Waals surface area contributed by atoms with Gasteiger partial charge in [0.1, 0.15) is 12.8 Å². The zero-order chi connectivity index (χ0) is 26.2. The molecule has 0 radical (unpaired) electrons. The van der Waals surface area contributed by atoms with Crippen LogP contribution in [0.5, 0.6) is 17.2 Å². The maximum atomic E-state index is 14.4. The number of unbranched alkanes of at least 4 members (excludes halogenated alkanes) is 7. The van der Waals surface area contributed by atoms with E-state index in [1.807, 2.05) is 0 Å². The Morgan fingerprint density at radius 3 is 2.11 bits per heavy atom. The Bertz CT molecular complexity index is 906. The van der Waals surface area contributed by atoms with Gasteiger partial charge in [0.25, 0.3) is 0 Å². The van der Waals surface area contributed by atoms with Crippen molar-refractivity contribution in [1.82, 2.24) is 0 Å². The van der Waals surface area contributed by atoms with Gasteiger partial charge in [-0.05, 0) is 43.2 Å². The van der Waals surface area contributed by atoms with Gasteiger partial charge < -0.3 is 14.2 Å². The molecule has 0 saturated carbocycles. The van der Waals surface area contributed by atoms with Crippen LogP contribution in [0, 0.1) is 5.82 Å². The zero-order valence-corrected chi connectivity index (χ0v) is 21.4. The molecule has 0 aliphatic heterocycles. The number of esters is 1. The summed E-state index contributed by atoms with van der Waals surface area (Å²) < 4.78 is 58.1. The number of alkyl halides is 2. The van der Waals surface area contributed by atoms with E-state index in [4.69, 9.17) is 14.2 Å². The molecule has 0 heterocycles. The van der Waals surface area contributed by atoms with Crippen LogP contribution in [0.3, 0.4) is 0 Å². The Morgan fingerprint density at radius 1 is 0.778 bits per heavy atom. The smallest absolute Gasteiger partial charge is 0.343 e. The van der Waals surface area contributed by atoms with Crippen LogP contribution in [0.4, 0.5) is 13.2 Å². The van der Waals surface area contributed by atoms with Crippen molar-refractivity contribution in [2.24, 2.45) is 0 Å². The number of rotatable bonds is 18. The average molecular weight is 509 g/mol. The second-order valence-electron chi connectivity index (χ2n) is 8.94. The van der Waals surface area contributed by atoms with Crippen molar-refractivity contribution < 1.29 is 32.2 Å². The molecule has 0 fully saturated rings. The van der Waals surface area contributed by atoms with E-state index in [2.05, 4.69) is 6.92 Å². The molecule has 36 heavy (non-hydrogen) atoms. The second-order valence-corrected chi connectivity index (χ2v) is 8.94. The molecule has 200 valence electrons. The van der Waals surface area contributed by atoms with Crippen LogP contribution < -0.4 is 14.2 Å². The number of ether oxygens (including phenoxy) is 3. The molecular weight excluding hydrogens is 469 g/mol. The van der Waals surface area contributed by atoms with Crippen LogP contribution in [-0.4, -0.2) is 31.5 Å². The maximum absolute atomic E-state index is 14.4. The van der Waals surface area contributed by atoms with Crippen molar-refractivity contribution in [1.29, 1.82) is 0 Å². The molecule has 0 aliphatic carbocycles. The Kier molecular flexibility index (Phi) is 13.8. The predicted octanol–water partition coefficient (Wildman–Crippen LogP) is 8.42. The van der Waals surface area contributed by atoms with E-state index >= 15 is 0 Å². The number of halogens is 3. The summed E-state index contributed by atoms with van der Waals surface area (Å²) in [6, 6.07) is 10.3. The van der Waals surface area contributed by atoms with Gasteiger partial charge in [-0.2, -0.15) is 0 Å². The highest BCUT2D eigenvalue weighted by Gasteiger charge is 2.21. The molecule has 0 N–H and O–H groups in total. The van der Waals surface area contributed by atoms with Crippen molar-refractivity contribution in [3.63, 3.8) is 0 Å². The first-order valence-corrected chi connectivity index (χ1v) is 13.1. The third-order valence-electron chi connectivity index (χ3n) is 5.83. The molecule has 0 aromatic heterocycles. The van der Waals surface area contributed by atoms with Gasteiger partial charge in [-0.25, -0.2) is 18.0 Å². The lowest BCUT2D eigenvalue weighted by Gasteiger charge is -2.15. The number of para-hydroxylation sites is 2. The van der Waals surface area contributed by atoms with Crippen LogP contribution >= 0.6 is 0 Å². The fourth-order valence-corrected chi connectivity index (χ4v) is 3.71. The minimum atomic E-state index is -1.85. The normalized spacial score (nSPS) is 12.7. The Morgan fingerprint density at radius 2 is 1.44 bits per heavy atom. The van der Waals surface area contributed by atoms with Crippen molar-refractivity contribution in [2.45, 2.75) is 90.4 Å². The number of benzene rings is 2. The summed E-state index contributed by atoms with van der Waals surface area (Å²) in [7, 11) is 0. The standard InChI is InChI=1S/C29H39F3O4/c1-3-5-6-7-8-9-10-13-19-34-27-15-11-12-16-28(27)36-29(33)22-17-18-26(24(31)20-22)35-21-25(32)23(30)14-4-2/h11-12,15-18,20,23,25H,3-10,13-14,19,21H2,1-2H3/t23-,25-/m0/s1. The number of carbonyl (C=O) groups excluding carboxylic acids is 1. The van der Waals surface area contributed by atoms with E-state index in [1.54, 1.807) is 31.2 Å². The van der Waals surface area contributed by atoms with Crippen LogP contribution in [0.2, 0.25) is 0 Å². The van der Waals surface area contributed by atoms with E-state index in [0.717, 1.165) is 18.9 Å². The van der Waals surface area contributed by atoms with Crippen LogP contribution in [0.15, 0.2) is 42.5 Å². The summed E-state index contributed by atoms with van der Waals surface area (Å²) in [5, 5.41) is 0. The van der Waals surface area contributed by atoms with Gasteiger partial charge in [-0.1, -0.05) is 77.3 Å². The molecule has 0 unspecified atom stereocenters. The third-order valence-corrected chi connectivity index (χ3v) is 5.83. The quantitative estimate of drug-likeness (QED) is 0.115. The van der Waals surface area contributed by atoms with Gasteiger partial charge in [-0.15, -0.1) is 0 Å². The van der Waals surface area contributed by atoms with Crippen molar-refractivity contribution in [3.05, 3.63) is 53.8 Å². The molecule has 2 aromatic rings. The maximum Gasteiger partial charge on any atom is 0.343 e. The van der Waals surface area contributed by atoms with Crippen LogP contribution in [0.25, 0.3) is 0 Å². The molecular formula is C29H39F3O4. The minimum Gasteiger partial charge on any atom is -0.490 e. The van der Waals surface area contributed by atoms with E-state index in [9.17, 15) is 18.0 Å². The molecule has 0 saturated heterocycles. The van der Waals surface area contributed by atoms with Crippen molar-refractivity contribution >= 4 is 5.97 Å².